The van der Waals surface area contributed by atoms with Crippen molar-refractivity contribution in [1.82, 2.24) is 10.6 Å². The molecule has 1 aliphatic rings. The highest BCUT2D eigenvalue weighted by molar-refractivity contribution is 6.31. The van der Waals surface area contributed by atoms with Crippen molar-refractivity contribution in [1.29, 1.82) is 5.26 Å². The molecule has 0 radical (unpaired) electrons. The van der Waals surface area contributed by atoms with E-state index in [0.29, 0.717) is 30.1 Å². The van der Waals surface area contributed by atoms with Crippen LogP contribution in [-0.4, -0.2) is 18.5 Å². The number of carbonyl (C=O) groups excluding carboxylic acids is 1. The second kappa shape index (κ2) is 5.17. The summed E-state index contributed by atoms with van der Waals surface area (Å²) in [4.78, 5) is 11.0. The van der Waals surface area contributed by atoms with Gasteiger partial charge in [-0.3, -0.25) is 4.79 Å². The van der Waals surface area contributed by atoms with Gasteiger partial charge in [-0.1, -0.05) is 17.7 Å². The fourth-order valence-corrected chi connectivity index (χ4v) is 2.01. The molecular weight excluding hydrogens is 238 g/mol. The number of hydrogen-bond acceptors (Lipinski definition) is 3. The van der Waals surface area contributed by atoms with Crippen LogP contribution >= 0.6 is 11.6 Å². The van der Waals surface area contributed by atoms with Gasteiger partial charge in [0.2, 0.25) is 5.91 Å². The van der Waals surface area contributed by atoms with E-state index in [9.17, 15) is 4.79 Å². The van der Waals surface area contributed by atoms with Gasteiger partial charge in [0, 0.05) is 30.6 Å². The number of nitriles is 1. The van der Waals surface area contributed by atoms with Crippen LogP contribution in [0.15, 0.2) is 18.2 Å². The van der Waals surface area contributed by atoms with E-state index >= 15 is 0 Å². The summed E-state index contributed by atoms with van der Waals surface area (Å²) in [6.07, 6.45) is 0.508. The van der Waals surface area contributed by atoms with Gasteiger partial charge < -0.3 is 10.6 Å². The van der Waals surface area contributed by atoms with E-state index < -0.39 is 0 Å². The number of carbonyl (C=O) groups is 1. The van der Waals surface area contributed by atoms with E-state index in [4.69, 9.17) is 16.9 Å². The molecule has 0 saturated carbocycles. The summed E-state index contributed by atoms with van der Waals surface area (Å²) in [5, 5.41) is 15.3. The van der Waals surface area contributed by atoms with Crippen molar-refractivity contribution in [2.75, 3.05) is 6.54 Å². The van der Waals surface area contributed by atoms with Crippen LogP contribution in [0.3, 0.4) is 0 Å². The molecule has 2 rings (SSSR count). The first-order chi connectivity index (χ1) is 8.19. The molecule has 5 heteroatoms. The molecule has 1 atom stereocenters. The van der Waals surface area contributed by atoms with Crippen LogP contribution in [0.1, 0.15) is 17.5 Å². The Morgan fingerprint density at radius 3 is 3.00 bits per heavy atom. The van der Waals surface area contributed by atoms with Crippen LogP contribution in [0.4, 0.5) is 0 Å². The number of rotatable bonds is 3. The zero-order chi connectivity index (χ0) is 12.3. The van der Waals surface area contributed by atoms with E-state index in [0.717, 1.165) is 5.56 Å². The zero-order valence-electron chi connectivity index (χ0n) is 9.16. The SMILES string of the molecule is N#Cc1ccc(CNC2CNC(=O)C2)c(Cl)c1. The van der Waals surface area contributed by atoms with Crippen molar-refractivity contribution >= 4 is 17.5 Å². The Bertz CT molecular complexity index is 481. The van der Waals surface area contributed by atoms with Crippen LogP contribution in [0.25, 0.3) is 0 Å². The molecule has 0 aromatic heterocycles. The molecule has 0 aliphatic carbocycles. The minimum absolute atomic E-state index is 0.0772. The lowest BCUT2D eigenvalue weighted by atomic mass is 10.1. The molecule has 1 heterocycles. The number of nitrogens with zero attached hydrogens (tertiary/aromatic N) is 1. The van der Waals surface area contributed by atoms with Gasteiger partial charge >= 0.3 is 0 Å². The molecule has 0 bridgehead atoms. The molecule has 2 N–H and O–H groups in total. The number of benzene rings is 1. The standard InChI is InChI=1S/C12H12ClN3O/c13-11-3-8(5-14)1-2-9(11)6-15-10-4-12(17)16-7-10/h1-3,10,15H,4,6-7H2,(H,16,17). The molecule has 1 amide bonds. The van der Waals surface area contributed by atoms with Gasteiger partial charge in [0.05, 0.1) is 11.6 Å². The summed E-state index contributed by atoms with van der Waals surface area (Å²) in [6.45, 7) is 1.26. The average Bonchev–Trinajstić information content (AvgIpc) is 2.73. The number of halogens is 1. The first-order valence-corrected chi connectivity index (χ1v) is 5.75. The van der Waals surface area contributed by atoms with Crippen LogP contribution in [0, 0.1) is 11.3 Å². The average molecular weight is 250 g/mol. The molecule has 1 fully saturated rings. The maximum Gasteiger partial charge on any atom is 0.221 e. The van der Waals surface area contributed by atoms with Crippen molar-refractivity contribution in [3.63, 3.8) is 0 Å². The van der Waals surface area contributed by atoms with Crippen LogP contribution < -0.4 is 10.6 Å². The molecule has 0 spiro atoms. The third-order valence-corrected chi connectivity index (χ3v) is 3.09. The second-order valence-corrected chi connectivity index (χ2v) is 4.41. The van der Waals surface area contributed by atoms with Gasteiger partial charge in [-0.15, -0.1) is 0 Å². The van der Waals surface area contributed by atoms with Crippen molar-refractivity contribution in [3.8, 4) is 6.07 Å². The molecule has 1 unspecified atom stereocenters. The summed E-state index contributed by atoms with van der Waals surface area (Å²) in [6, 6.07) is 7.42. The molecule has 1 aliphatic heterocycles. The van der Waals surface area contributed by atoms with E-state index in [1.165, 1.54) is 0 Å². The molecule has 17 heavy (non-hydrogen) atoms. The van der Waals surface area contributed by atoms with E-state index in [1.54, 1.807) is 12.1 Å². The Morgan fingerprint density at radius 1 is 1.59 bits per heavy atom. The van der Waals surface area contributed by atoms with E-state index in [2.05, 4.69) is 10.6 Å². The third-order valence-electron chi connectivity index (χ3n) is 2.74. The van der Waals surface area contributed by atoms with Crippen molar-refractivity contribution in [3.05, 3.63) is 34.3 Å². The summed E-state index contributed by atoms with van der Waals surface area (Å²) in [7, 11) is 0. The number of amides is 1. The summed E-state index contributed by atoms with van der Waals surface area (Å²) >= 11 is 6.05. The topological polar surface area (TPSA) is 64.9 Å². The zero-order valence-corrected chi connectivity index (χ0v) is 9.92. The number of nitrogens with one attached hydrogen (secondary N) is 2. The van der Waals surface area contributed by atoms with Gasteiger partial charge in [-0.25, -0.2) is 0 Å². The predicted octanol–water partition coefficient (Wildman–Crippen LogP) is 1.19. The summed E-state index contributed by atoms with van der Waals surface area (Å²) in [5.74, 6) is 0.0772. The third kappa shape index (κ3) is 2.96. The Kier molecular flexibility index (Phi) is 3.62. The maximum absolute atomic E-state index is 11.0. The van der Waals surface area contributed by atoms with Gasteiger partial charge in [-0.2, -0.15) is 5.26 Å². The highest BCUT2D eigenvalue weighted by atomic mass is 35.5. The lowest BCUT2D eigenvalue weighted by Gasteiger charge is -2.11. The quantitative estimate of drug-likeness (QED) is 0.846. The first kappa shape index (κ1) is 11.9. The summed E-state index contributed by atoms with van der Waals surface area (Å²) < 4.78 is 0. The predicted molar refractivity (Wildman–Crippen MR) is 64.4 cm³/mol. The van der Waals surface area contributed by atoms with Gasteiger partial charge in [0.1, 0.15) is 0 Å². The monoisotopic (exact) mass is 249 g/mol. The summed E-state index contributed by atoms with van der Waals surface area (Å²) in [5.41, 5.74) is 1.49. The minimum atomic E-state index is 0.0772. The lowest BCUT2D eigenvalue weighted by Crippen LogP contribution is -2.30. The fraction of sp³-hybridized carbons (Fsp3) is 0.333. The Morgan fingerprint density at radius 2 is 2.41 bits per heavy atom. The Balaban J connectivity index is 1.95. The highest BCUT2D eigenvalue weighted by Crippen LogP contribution is 2.17. The fourth-order valence-electron chi connectivity index (χ4n) is 1.76. The van der Waals surface area contributed by atoms with E-state index in [-0.39, 0.29) is 11.9 Å². The second-order valence-electron chi connectivity index (χ2n) is 4.00. The highest BCUT2D eigenvalue weighted by Gasteiger charge is 2.20. The largest absolute Gasteiger partial charge is 0.354 e. The Labute approximate surface area is 105 Å². The van der Waals surface area contributed by atoms with Crippen molar-refractivity contribution in [2.24, 2.45) is 0 Å². The van der Waals surface area contributed by atoms with Crippen LogP contribution in [-0.2, 0) is 11.3 Å². The van der Waals surface area contributed by atoms with Crippen molar-refractivity contribution < 1.29 is 4.79 Å². The maximum atomic E-state index is 11.0. The molecule has 4 nitrogen and oxygen atoms in total. The van der Waals surface area contributed by atoms with Crippen molar-refractivity contribution in [2.45, 2.75) is 19.0 Å². The molecule has 88 valence electrons. The molecule has 1 saturated heterocycles. The first-order valence-electron chi connectivity index (χ1n) is 5.37. The van der Waals surface area contributed by atoms with E-state index in [1.807, 2.05) is 12.1 Å². The van der Waals surface area contributed by atoms with Crippen LogP contribution in [0.2, 0.25) is 5.02 Å². The lowest BCUT2D eigenvalue weighted by molar-refractivity contribution is -0.119. The van der Waals surface area contributed by atoms with Gasteiger partial charge in [0.25, 0.3) is 0 Å². The number of hydrogen-bond donors (Lipinski definition) is 2. The smallest absolute Gasteiger partial charge is 0.221 e. The molecule has 1 aromatic rings. The Hall–Kier alpha value is -1.57. The molecule has 1 aromatic carbocycles. The normalized spacial score (nSPS) is 18.8. The van der Waals surface area contributed by atoms with Gasteiger partial charge in [0.15, 0.2) is 0 Å². The van der Waals surface area contributed by atoms with Crippen LogP contribution in [0.5, 0.6) is 0 Å². The minimum Gasteiger partial charge on any atom is -0.354 e. The van der Waals surface area contributed by atoms with Gasteiger partial charge in [-0.05, 0) is 17.7 Å². The molecular formula is C12H12ClN3O.